The van der Waals surface area contributed by atoms with Crippen molar-refractivity contribution in [2.75, 3.05) is 29.6 Å². The number of ether oxygens (including phenoxy) is 1. The number of anilines is 3. The number of fused-ring (bicyclic) bond motifs is 1. The third-order valence-electron chi connectivity index (χ3n) is 4.66. The lowest BCUT2D eigenvalue weighted by Gasteiger charge is -2.15. The molecule has 0 atom stereocenters. The quantitative estimate of drug-likeness (QED) is 0.594. The predicted octanol–water partition coefficient (Wildman–Crippen LogP) is 4.13. The minimum absolute atomic E-state index is 0.114. The second-order valence-electron chi connectivity index (χ2n) is 6.58. The molecule has 0 saturated carbocycles. The van der Waals surface area contributed by atoms with Crippen LogP contribution in [0.1, 0.15) is 5.56 Å². The molecule has 0 fully saturated rings. The maximum Gasteiger partial charge on any atom is 0.234 e. The zero-order valence-corrected chi connectivity index (χ0v) is 17.6. The number of nitrogens with one attached hydrogen (secondary N) is 1. The highest BCUT2D eigenvalue weighted by Crippen LogP contribution is 2.32. The van der Waals surface area contributed by atoms with Crippen LogP contribution < -0.4 is 15.0 Å². The lowest BCUT2D eigenvalue weighted by Crippen LogP contribution is -2.14. The Balaban J connectivity index is 1.39. The van der Waals surface area contributed by atoms with E-state index in [9.17, 15) is 4.79 Å². The van der Waals surface area contributed by atoms with E-state index in [0.717, 1.165) is 41.2 Å². The number of rotatable bonds is 6. The zero-order valence-electron chi connectivity index (χ0n) is 16.1. The molecule has 0 unspecified atom stereocenters. The van der Waals surface area contributed by atoms with Crippen molar-refractivity contribution < 1.29 is 9.53 Å². The Hall–Kier alpha value is -2.71. The number of thioether (sulfide) groups is 1. The summed E-state index contributed by atoms with van der Waals surface area (Å²) in [4.78, 5) is 14.4. The summed E-state index contributed by atoms with van der Waals surface area (Å²) in [5.74, 6) is 1.72. The first-order valence-electron chi connectivity index (χ1n) is 9.09. The van der Waals surface area contributed by atoms with Gasteiger partial charge >= 0.3 is 0 Å². The monoisotopic (exact) mass is 429 g/mol. The highest BCUT2D eigenvalue weighted by molar-refractivity contribution is 7.99. The molecule has 1 aliphatic rings. The van der Waals surface area contributed by atoms with Gasteiger partial charge in [-0.05, 0) is 48.9 Å². The van der Waals surface area contributed by atoms with Crippen LogP contribution in [0.5, 0.6) is 5.75 Å². The number of methoxy groups -OCH3 is 1. The number of benzene rings is 2. The fourth-order valence-electron chi connectivity index (χ4n) is 3.09. The topological polar surface area (TPSA) is 72.3 Å². The second kappa shape index (κ2) is 8.34. The first-order chi connectivity index (χ1) is 14.0. The third-order valence-corrected chi connectivity index (χ3v) is 6.03. The van der Waals surface area contributed by atoms with E-state index >= 15 is 0 Å². The van der Waals surface area contributed by atoms with E-state index in [1.807, 2.05) is 47.9 Å². The lowest BCUT2D eigenvalue weighted by atomic mass is 10.2. The molecule has 2 heterocycles. The average molecular weight is 430 g/mol. The van der Waals surface area contributed by atoms with Gasteiger partial charge in [0.1, 0.15) is 5.75 Å². The average Bonchev–Trinajstić information content (AvgIpc) is 3.32. The summed E-state index contributed by atoms with van der Waals surface area (Å²) in [7, 11) is 1.65. The van der Waals surface area contributed by atoms with Crippen molar-refractivity contribution in [2.45, 2.75) is 18.6 Å². The van der Waals surface area contributed by atoms with Gasteiger partial charge in [0.25, 0.3) is 0 Å². The van der Waals surface area contributed by atoms with Crippen LogP contribution in [0.2, 0.25) is 5.02 Å². The Morgan fingerprint density at radius 2 is 2.00 bits per heavy atom. The van der Waals surface area contributed by atoms with Gasteiger partial charge < -0.3 is 15.0 Å². The van der Waals surface area contributed by atoms with E-state index in [0.29, 0.717) is 10.7 Å². The molecule has 1 N–H and O–H groups in total. The summed E-state index contributed by atoms with van der Waals surface area (Å²) in [5, 5.41) is 12.8. The molecule has 0 spiro atoms. The number of carbonyl (C=O) groups excluding carboxylic acids is 1. The van der Waals surface area contributed by atoms with Crippen molar-refractivity contribution >= 4 is 46.6 Å². The molecule has 2 aromatic carbocycles. The Kier molecular flexibility index (Phi) is 5.64. The number of carbonyl (C=O) groups is 1. The number of halogens is 1. The molecule has 0 saturated heterocycles. The van der Waals surface area contributed by atoms with E-state index in [1.54, 1.807) is 13.2 Å². The van der Waals surface area contributed by atoms with E-state index in [2.05, 4.69) is 20.4 Å². The number of amides is 1. The molecule has 1 amide bonds. The third kappa shape index (κ3) is 4.18. The van der Waals surface area contributed by atoms with Gasteiger partial charge in [-0.15, -0.1) is 10.2 Å². The number of aromatic nitrogens is 3. The van der Waals surface area contributed by atoms with Crippen LogP contribution in [-0.2, 0) is 11.3 Å². The molecule has 4 rings (SSSR count). The molecule has 9 heteroatoms. The largest absolute Gasteiger partial charge is 0.497 e. The maximum absolute atomic E-state index is 12.3. The van der Waals surface area contributed by atoms with Gasteiger partial charge in [-0.25, -0.2) is 0 Å². The van der Waals surface area contributed by atoms with Crippen LogP contribution in [0.4, 0.5) is 17.3 Å². The van der Waals surface area contributed by atoms with Crippen molar-refractivity contribution in [3.8, 4) is 5.75 Å². The van der Waals surface area contributed by atoms with Gasteiger partial charge in [0.15, 0.2) is 5.16 Å². The normalized spacial score (nSPS) is 12.7. The molecule has 1 aromatic heterocycles. The smallest absolute Gasteiger partial charge is 0.234 e. The number of hydrogen-bond donors (Lipinski definition) is 1. The lowest BCUT2D eigenvalue weighted by molar-refractivity contribution is -0.113. The summed E-state index contributed by atoms with van der Waals surface area (Å²) in [5.41, 5.74) is 2.69. The SMILES string of the molecule is COc1ccc(N2CCn3c(SCC(=O)Nc4ccc(C)c(Cl)c4)nnc32)cc1. The Bertz CT molecular complexity index is 1040. The Morgan fingerprint density at radius 1 is 1.21 bits per heavy atom. The number of hydrogen-bond acceptors (Lipinski definition) is 6. The van der Waals surface area contributed by atoms with E-state index < -0.39 is 0 Å². The van der Waals surface area contributed by atoms with Crippen molar-refractivity contribution in [1.82, 2.24) is 14.8 Å². The molecular weight excluding hydrogens is 410 g/mol. The van der Waals surface area contributed by atoms with Gasteiger partial charge in [0, 0.05) is 29.5 Å². The Labute approximate surface area is 178 Å². The molecule has 0 aliphatic carbocycles. The van der Waals surface area contributed by atoms with E-state index in [-0.39, 0.29) is 11.7 Å². The molecule has 1 aliphatic heterocycles. The zero-order chi connectivity index (χ0) is 20.4. The van der Waals surface area contributed by atoms with Crippen molar-refractivity contribution in [3.63, 3.8) is 0 Å². The van der Waals surface area contributed by atoms with Gasteiger partial charge in [0.05, 0.1) is 12.9 Å². The molecule has 29 heavy (non-hydrogen) atoms. The summed E-state index contributed by atoms with van der Waals surface area (Å²) in [6, 6.07) is 13.3. The van der Waals surface area contributed by atoms with Crippen LogP contribution in [0, 0.1) is 6.92 Å². The van der Waals surface area contributed by atoms with Crippen molar-refractivity contribution in [1.29, 1.82) is 0 Å². The number of aryl methyl sites for hydroxylation is 1. The molecular formula is C20H20ClN5O2S. The van der Waals surface area contributed by atoms with Crippen LogP contribution in [0.25, 0.3) is 0 Å². The minimum Gasteiger partial charge on any atom is -0.497 e. The Morgan fingerprint density at radius 3 is 2.72 bits per heavy atom. The fraction of sp³-hybridized carbons (Fsp3) is 0.250. The van der Waals surface area contributed by atoms with Gasteiger partial charge in [0.2, 0.25) is 11.9 Å². The predicted molar refractivity (Wildman–Crippen MR) is 116 cm³/mol. The molecule has 3 aromatic rings. The highest BCUT2D eigenvalue weighted by Gasteiger charge is 2.26. The van der Waals surface area contributed by atoms with E-state index in [4.69, 9.17) is 16.3 Å². The van der Waals surface area contributed by atoms with Crippen LogP contribution in [0.3, 0.4) is 0 Å². The highest BCUT2D eigenvalue weighted by atomic mass is 35.5. The summed E-state index contributed by atoms with van der Waals surface area (Å²) in [6.45, 7) is 3.50. The second-order valence-corrected chi connectivity index (χ2v) is 7.93. The van der Waals surface area contributed by atoms with Gasteiger partial charge in [-0.1, -0.05) is 29.4 Å². The van der Waals surface area contributed by atoms with Crippen LogP contribution in [0.15, 0.2) is 47.6 Å². The number of nitrogens with zero attached hydrogens (tertiary/aromatic N) is 4. The van der Waals surface area contributed by atoms with Gasteiger partial charge in [-0.2, -0.15) is 0 Å². The standard InChI is InChI=1S/C20H20ClN5O2S/c1-13-3-4-14(11-17(13)21)22-18(27)12-29-20-24-23-19-25(9-10-26(19)20)15-5-7-16(28-2)8-6-15/h3-8,11H,9-10,12H2,1-2H3,(H,22,27). The summed E-state index contributed by atoms with van der Waals surface area (Å²) < 4.78 is 7.25. The summed E-state index contributed by atoms with van der Waals surface area (Å²) in [6.07, 6.45) is 0. The van der Waals surface area contributed by atoms with Crippen molar-refractivity contribution in [2.24, 2.45) is 0 Å². The fourth-order valence-corrected chi connectivity index (χ4v) is 4.03. The summed E-state index contributed by atoms with van der Waals surface area (Å²) >= 11 is 7.48. The van der Waals surface area contributed by atoms with Crippen molar-refractivity contribution in [3.05, 3.63) is 53.1 Å². The maximum atomic E-state index is 12.3. The molecule has 0 bridgehead atoms. The molecule has 7 nitrogen and oxygen atoms in total. The van der Waals surface area contributed by atoms with Crippen LogP contribution in [-0.4, -0.2) is 40.1 Å². The molecule has 150 valence electrons. The first kappa shape index (κ1) is 19.6. The first-order valence-corrected chi connectivity index (χ1v) is 10.4. The van der Waals surface area contributed by atoms with E-state index in [1.165, 1.54) is 11.8 Å². The van der Waals surface area contributed by atoms with Gasteiger partial charge in [-0.3, -0.25) is 9.36 Å². The van der Waals surface area contributed by atoms with Crippen LogP contribution >= 0.6 is 23.4 Å². The molecule has 0 radical (unpaired) electrons. The minimum atomic E-state index is -0.114.